The average molecular weight is 202 g/mol. The van der Waals surface area contributed by atoms with Crippen molar-refractivity contribution >= 4 is 5.82 Å². The van der Waals surface area contributed by atoms with Crippen LogP contribution in [0.5, 0.6) is 11.6 Å². The fourth-order valence-electron chi connectivity index (χ4n) is 1.08. The van der Waals surface area contributed by atoms with Crippen molar-refractivity contribution in [3.8, 4) is 11.6 Å². The Morgan fingerprint density at radius 3 is 2.67 bits per heavy atom. The van der Waals surface area contributed by atoms with Crippen LogP contribution in [0.25, 0.3) is 0 Å². The van der Waals surface area contributed by atoms with Gasteiger partial charge in [-0.05, 0) is 12.1 Å². The molecular formula is C10H10N4O. The van der Waals surface area contributed by atoms with E-state index in [1.165, 1.54) is 6.33 Å². The number of hydrogen-bond donors (Lipinski definition) is 2. The van der Waals surface area contributed by atoms with Crippen LogP contribution < -0.4 is 16.0 Å². The second kappa shape index (κ2) is 4.39. The van der Waals surface area contributed by atoms with Crippen molar-refractivity contribution in [3.05, 3.63) is 42.7 Å². The summed E-state index contributed by atoms with van der Waals surface area (Å²) in [4.78, 5) is 7.83. The van der Waals surface area contributed by atoms with Crippen LogP contribution in [0.4, 0.5) is 5.82 Å². The molecule has 0 saturated heterocycles. The maximum Gasteiger partial charge on any atom is 0.224 e. The molecular weight excluding hydrogens is 192 g/mol. The second-order valence-corrected chi connectivity index (χ2v) is 2.80. The lowest BCUT2D eigenvalue weighted by molar-refractivity contribution is 0.462. The lowest BCUT2D eigenvalue weighted by Crippen LogP contribution is -2.08. The molecule has 1 aromatic carbocycles. The molecule has 76 valence electrons. The van der Waals surface area contributed by atoms with E-state index in [9.17, 15) is 0 Å². The van der Waals surface area contributed by atoms with Crippen molar-refractivity contribution in [2.75, 3.05) is 5.43 Å². The van der Waals surface area contributed by atoms with E-state index in [0.717, 1.165) is 5.75 Å². The van der Waals surface area contributed by atoms with Gasteiger partial charge in [-0.25, -0.2) is 15.8 Å². The molecule has 0 aliphatic carbocycles. The Kier molecular flexibility index (Phi) is 2.75. The SMILES string of the molecule is NNc1cc(Oc2ccccc2)ncn1. The van der Waals surface area contributed by atoms with Gasteiger partial charge in [-0.3, -0.25) is 0 Å². The van der Waals surface area contributed by atoms with E-state index in [0.29, 0.717) is 11.7 Å². The summed E-state index contributed by atoms with van der Waals surface area (Å²) in [6.07, 6.45) is 1.38. The van der Waals surface area contributed by atoms with E-state index in [4.69, 9.17) is 10.6 Å². The van der Waals surface area contributed by atoms with Crippen molar-refractivity contribution in [2.45, 2.75) is 0 Å². The highest BCUT2D eigenvalue weighted by molar-refractivity contribution is 5.37. The van der Waals surface area contributed by atoms with Crippen LogP contribution in [0.1, 0.15) is 0 Å². The van der Waals surface area contributed by atoms with Crippen molar-refractivity contribution in [1.29, 1.82) is 0 Å². The monoisotopic (exact) mass is 202 g/mol. The first kappa shape index (κ1) is 9.42. The van der Waals surface area contributed by atoms with Crippen molar-refractivity contribution in [2.24, 2.45) is 5.84 Å². The zero-order valence-corrected chi connectivity index (χ0v) is 7.92. The third kappa shape index (κ3) is 2.41. The normalized spacial score (nSPS) is 9.67. The molecule has 0 radical (unpaired) electrons. The van der Waals surface area contributed by atoms with Crippen molar-refractivity contribution in [3.63, 3.8) is 0 Å². The van der Waals surface area contributed by atoms with E-state index in [2.05, 4.69) is 15.4 Å². The Labute approximate surface area is 86.9 Å². The summed E-state index contributed by atoms with van der Waals surface area (Å²) in [5, 5.41) is 0. The summed E-state index contributed by atoms with van der Waals surface area (Å²) in [7, 11) is 0. The molecule has 2 rings (SSSR count). The molecule has 5 heteroatoms. The number of nitrogen functional groups attached to an aromatic ring is 1. The summed E-state index contributed by atoms with van der Waals surface area (Å²) in [6, 6.07) is 11.0. The van der Waals surface area contributed by atoms with Gasteiger partial charge >= 0.3 is 0 Å². The zero-order valence-electron chi connectivity index (χ0n) is 7.92. The standard InChI is InChI=1S/C10H10N4O/c11-14-9-6-10(13-7-12-9)15-8-4-2-1-3-5-8/h1-7H,11H2,(H,12,13,14). The lowest BCUT2D eigenvalue weighted by Gasteiger charge is -2.04. The van der Waals surface area contributed by atoms with Gasteiger partial charge in [0.05, 0.1) is 0 Å². The number of nitrogens with zero attached hydrogens (tertiary/aromatic N) is 2. The highest BCUT2D eigenvalue weighted by Crippen LogP contribution is 2.19. The quantitative estimate of drug-likeness (QED) is 0.583. The summed E-state index contributed by atoms with van der Waals surface area (Å²) in [5.74, 6) is 6.90. The molecule has 5 nitrogen and oxygen atoms in total. The van der Waals surface area contributed by atoms with Gasteiger partial charge in [0.2, 0.25) is 5.88 Å². The number of aromatic nitrogens is 2. The summed E-state index contributed by atoms with van der Waals surface area (Å²) >= 11 is 0. The predicted octanol–water partition coefficient (Wildman–Crippen LogP) is 1.55. The van der Waals surface area contributed by atoms with E-state index < -0.39 is 0 Å². The third-order valence-electron chi connectivity index (χ3n) is 1.76. The van der Waals surface area contributed by atoms with Crippen LogP contribution in [0.15, 0.2) is 42.7 Å². The van der Waals surface area contributed by atoms with Crippen LogP contribution in [0.3, 0.4) is 0 Å². The van der Waals surface area contributed by atoms with Gasteiger partial charge in [0.15, 0.2) is 0 Å². The number of benzene rings is 1. The Balaban J connectivity index is 2.17. The molecule has 1 aromatic heterocycles. The molecule has 2 aromatic rings. The molecule has 0 atom stereocenters. The first-order valence-electron chi connectivity index (χ1n) is 4.40. The topological polar surface area (TPSA) is 73.1 Å². The minimum atomic E-state index is 0.448. The molecule has 0 aliphatic heterocycles. The average Bonchev–Trinajstić information content (AvgIpc) is 2.31. The minimum Gasteiger partial charge on any atom is -0.439 e. The zero-order chi connectivity index (χ0) is 10.5. The van der Waals surface area contributed by atoms with Gasteiger partial charge in [-0.15, -0.1) is 0 Å². The first-order valence-corrected chi connectivity index (χ1v) is 4.40. The summed E-state index contributed by atoms with van der Waals surface area (Å²) < 4.78 is 5.47. The number of para-hydroxylation sites is 1. The van der Waals surface area contributed by atoms with Gasteiger partial charge in [0.25, 0.3) is 0 Å². The lowest BCUT2D eigenvalue weighted by atomic mass is 10.3. The second-order valence-electron chi connectivity index (χ2n) is 2.80. The molecule has 0 amide bonds. The maximum absolute atomic E-state index is 5.47. The maximum atomic E-state index is 5.47. The van der Waals surface area contributed by atoms with Gasteiger partial charge < -0.3 is 10.2 Å². The molecule has 3 N–H and O–H groups in total. The highest BCUT2D eigenvalue weighted by Gasteiger charge is 1.99. The first-order chi connectivity index (χ1) is 7.38. The number of nitrogens with one attached hydrogen (secondary N) is 1. The Morgan fingerprint density at radius 1 is 1.13 bits per heavy atom. The molecule has 0 saturated carbocycles. The number of ether oxygens (including phenoxy) is 1. The van der Waals surface area contributed by atoms with E-state index in [-0.39, 0.29) is 0 Å². The number of nitrogens with two attached hydrogens (primary N) is 1. The largest absolute Gasteiger partial charge is 0.439 e. The molecule has 0 aliphatic rings. The number of anilines is 1. The Bertz CT molecular complexity index is 432. The van der Waals surface area contributed by atoms with Gasteiger partial charge in [0.1, 0.15) is 17.9 Å². The fraction of sp³-hybridized carbons (Fsp3) is 0. The van der Waals surface area contributed by atoms with Crippen LogP contribution in [-0.2, 0) is 0 Å². The van der Waals surface area contributed by atoms with Gasteiger partial charge in [0, 0.05) is 6.07 Å². The van der Waals surface area contributed by atoms with Crippen LogP contribution in [0, 0.1) is 0 Å². The van der Waals surface area contributed by atoms with Crippen LogP contribution in [-0.4, -0.2) is 9.97 Å². The van der Waals surface area contributed by atoms with E-state index in [1.54, 1.807) is 6.07 Å². The van der Waals surface area contributed by atoms with Crippen LogP contribution in [0.2, 0.25) is 0 Å². The molecule has 0 bridgehead atoms. The highest BCUT2D eigenvalue weighted by atomic mass is 16.5. The molecule has 0 spiro atoms. The molecule has 1 heterocycles. The third-order valence-corrected chi connectivity index (χ3v) is 1.76. The van der Waals surface area contributed by atoms with Gasteiger partial charge in [-0.2, -0.15) is 0 Å². The number of rotatable bonds is 3. The number of hydrogen-bond acceptors (Lipinski definition) is 5. The van der Waals surface area contributed by atoms with Crippen molar-refractivity contribution < 1.29 is 4.74 Å². The predicted molar refractivity (Wildman–Crippen MR) is 56.4 cm³/mol. The van der Waals surface area contributed by atoms with E-state index in [1.807, 2.05) is 30.3 Å². The molecule has 15 heavy (non-hydrogen) atoms. The molecule has 0 unspecified atom stereocenters. The summed E-state index contributed by atoms with van der Waals surface area (Å²) in [6.45, 7) is 0. The van der Waals surface area contributed by atoms with E-state index >= 15 is 0 Å². The van der Waals surface area contributed by atoms with Crippen molar-refractivity contribution in [1.82, 2.24) is 9.97 Å². The Hall–Kier alpha value is -2.14. The van der Waals surface area contributed by atoms with Gasteiger partial charge in [-0.1, -0.05) is 18.2 Å². The minimum absolute atomic E-state index is 0.448. The molecule has 0 fully saturated rings. The fourth-order valence-corrected chi connectivity index (χ4v) is 1.08. The van der Waals surface area contributed by atoms with Crippen LogP contribution >= 0.6 is 0 Å². The smallest absolute Gasteiger partial charge is 0.224 e. The number of hydrazine groups is 1. The summed E-state index contributed by atoms with van der Waals surface area (Å²) in [5.41, 5.74) is 2.42. The Morgan fingerprint density at radius 2 is 1.93 bits per heavy atom.